The maximum absolute atomic E-state index is 13.3. The highest BCUT2D eigenvalue weighted by atomic mass is 28.4. The van der Waals surface area contributed by atoms with Crippen LogP contribution in [0.4, 0.5) is 0 Å². The van der Waals surface area contributed by atoms with Crippen LogP contribution in [-0.2, 0) is 32.7 Å². The third-order valence-electron chi connectivity index (χ3n) is 11.9. The number of carbonyl (C=O) groups is 2. The van der Waals surface area contributed by atoms with Crippen LogP contribution < -0.4 is 0 Å². The molecule has 0 N–H and O–H groups in total. The van der Waals surface area contributed by atoms with E-state index in [4.69, 9.17) is 23.1 Å². The molecule has 7 nitrogen and oxygen atoms in total. The van der Waals surface area contributed by atoms with E-state index < -0.39 is 40.2 Å². The topological polar surface area (TPSA) is 80.3 Å². The minimum absolute atomic E-state index is 0.000314. The van der Waals surface area contributed by atoms with Gasteiger partial charge in [0.25, 0.3) is 0 Å². The van der Waals surface area contributed by atoms with Crippen LogP contribution in [0.15, 0.2) is 60.3 Å². The van der Waals surface area contributed by atoms with Crippen LogP contribution in [0, 0.1) is 11.3 Å². The maximum Gasteiger partial charge on any atom is 0.331 e. The molecule has 2 saturated heterocycles. The summed E-state index contributed by atoms with van der Waals surface area (Å²) in [5.74, 6) is -0.204. The number of hydrogen-bond acceptors (Lipinski definition) is 7. The molecule has 4 bridgehead atoms. The second kappa shape index (κ2) is 17.3. The van der Waals surface area contributed by atoms with E-state index in [1.807, 2.05) is 19.1 Å². The molecule has 0 amide bonds. The number of esters is 1. The molecular formula is C41H68O7Si2. The Morgan fingerprint density at radius 1 is 0.940 bits per heavy atom. The largest absolute Gasteiger partial charge is 0.458 e. The minimum atomic E-state index is -2.13. The van der Waals surface area contributed by atoms with Gasteiger partial charge in [0.15, 0.2) is 16.6 Å². The van der Waals surface area contributed by atoms with Gasteiger partial charge in [-0.25, -0.2) is 4.79 Å². The molecule has 3 aliphatic rings. The monoisotopic (exact) mass is 728 g/mol. The van der Waals surface area contributed by atoms with Crippen molar-refractivity contribution in [2.45, 2.75) is 167 Å². The standard InChI is InChI=1S/C41H68O7Si2/c1-30-20-16-14-17-22-33-28-37(41(9,36(46-33)24-25-42)29-44-49(10,11)39(3,4)5)47-38(43)23-19-15-18-21-32-27-35(31(2)34(26-30)45-32)48-50(12,13)40(6,7)8/h15-20,22-23,25-26,31-37H,14,21,24,27-29H2,1-13H3/b18-15-,20-16-,22-17-,23-19-,30-26-/t31-,32+,33-,34-,35+,36+,37-,41+/m1/s1. The summed E-state index contributed by atoms with van der Waals surface area (Å²) < 4.78 is 33.1. The van der Waals surface area contributed by atoms with Gasteiger partial charge in [-0.2, -0.15) is 0 Å². The molecule has 8 atom stereocenters. The molecule has 3 heterocycles. The van der Waals surface area contributed by atoms with Crippen molar-refractivity contribution < 1.29 is 32.7 Å². The number of allylic oxidation sites excluding steroid dienone is 6. The molecule has 50 heavy (non-hydrogen) atoms. The van der Waals surface area contributed by atoms with Crippen LogP contribution in [0.25, 0.3) is 0 Å². The molecule has 2 fully saturated rings. The van der Waals surface area contributed by atoms with Crippen molar-refractivity contribution in [3.63, 3.8) is 0 Å². The van der Waals surface area contributed by atoms with E-state index in [2.05, 4.69) is 112 Å². The van der Waals surface area contributed by atoms with Crippen LogP contribution in [0.2, 0.25) is 36.3 Å². The molecule has 3 aliphatic heterocycles. The fourth-order valence-electron chi connectivity index (χ4n) is 6.21. The molecule has 0 aromatic carbocycles. The maximum atomic E-state index is 13.3. The first-order chi connectivity index (χ1) is 23.1. The van der Waals surface area contributed by atoms with Gasteiger partial charge in [-0.15, -0.1) is 0 Å². The van der Waals surface area contributed by atoms with Gasteiger partial charge in [0.1, 0.15) is 12.4 Å². The highest BCUT2D eigenvalue weighted by Crippen LogP contribution is 2.44. The third kappa shape index (κ3) is 11.3. The van der Waals surface area contributed by atoms with Crippen LogP contribution >= 0.6 is 0 Å². The summed E-state index contributed by atoms with van der Waals surface area (Å²) in [7, 11) is -4.12. The molecule has 0 radical (unpaired) electrons. The second-order valence-electron chi connectivity index (χ2n) is 18.0. The molecule has 0 saturated carbocycles. The molecule has 3 rings (SSSR count). The zero-order valence-corrected chi connectivity index (χ0v) is 35.4. The van der Waals surface area contributed by atoms with Gasteiger partial charge in [-0.3, -0.25) is 0 Å². The highest BCUT2D eigenvalue weighted by Gasteiger charge is 2.51. The Kier molecular flexibility index (Phi) is 14.7. The predicted molar refractivity (Wildman–Crippen MR) is 209 cm³/mol. The summed E-state index contributed by atoms with van der Waals surface area (Å²) in [6.45, 7) is 29.3. The Morgan fingerprint density at radius 3 is 2.26 bits per heavy atom. The van der Waals surface area contributed by atoms with Gasteiger partial charge in [0.2, 0.25) is 0 Å². The van der Waals surface area contributed by atoms with E-state index in [0.717, 1.165) is 18.3 Å². The molecule has 0 aromatic rings. The molecule has 9 heteroatoms. The lowest BCUT2D eigenvalue weighted by molar-refractivity contribution is -0.198. The molecule has 0 spiro atoms. The quantitative estimate of drug-likeness (QED) is 0.112. The van der Waals surface area contributed by atoms with E-state index in [0.29, 0.717) is 25.9 Å². The van der Waals surface area contributed by atoms with E-state index in [1.165, 1.54) is 6.08 Å². The lowest BCUT2D eigenvalue weighted by atomic mass is 9.73. The highest BCUT2D eigenvalue weighted by molar-refractivity contribution is 6.74. The van der Waals surface area contributed by atoms with Gasteiger partial charge in [0, 0.05) is 31.4 Å². The Labute approximate surface area is 306 Å². The second-order valence-corrected chi connectivity index (χ2v) is 27.6. The Hall–Kier alpha value is -1.89. The summed E-state index contributed by atoms with van der Waals surface area (Å²) in [5, 5.41) is 0.127. The van der Waals surface area contributed by atoms with Crippen molar-refractivity contribution in [2.75, 3.05) is 6.61 Å². The Balaban J connectivity index is 1.92. The van der Waals surface area contributed by atoms with Crippen molar-refractivity contribution in [3.05, 3.63) is 60.3 Å². The van der Waals surface area contributed by atoms with Gasteiger partial charge in [-0.05, 0) is 62.5 Å². The van der Waals surface area contributed by atoms with E-state index in [-0.39, 0.29) is 46.8 Å². The van der Waals surface area contributed by atoms with Crippen LogP contribution in [0.5, 0.6) is 0 Å². The smallest absolute Gasteiger partial charge is 0.331 e. The number of ether oxygens (including phenoxy) is 3. The number of hydrogen-bond donors (Lipinski definition) is 0. The zero-order chi connectivity index (χ0) is 37.5. The summed E-state index contributed by atoms with van der Waals surface area (Å²) in [6, 6.07) is 0. The predicted octanol–water partition coefficient (Wildman–Crippen LogP) is 9.82. The van der Waals surface area contributed by atoms with E-state index >= 15 is 0 Å². The van der Waals surface area contributed by atoms with Gasteiger partial charge in [-0.1, -0.05) is 110 Å². The summed E-state index contributed by atoms with van der Waals surface area (Å²) in [5.41, 5.74) is 0.452. The van der Waals surface area contributed by atoms with E-state index in [1.54, 1.807) is 6.08 Å². The fraction of sp³-hybridized carbons (Fsp3) is 0.707. The molecule has 0 aromatic heterocycles. The summed E-state index contributed by atoms with van der Waals surface area (Å²) in [4.78, 5) is 25.2. The fourth-order valence-corrected chi connectivity index (χ4v) is 8.73. The minimum Gasteiger partial charge on any atom is -0.458 e. The van der Waals surface area contributed by atoms with E-state index in [9.17, 15) is 9.59 Å². The number of aldehydes is 1. The SMILES string of the molecule is CC1=C/[C@H]2O[C@@H](C/C=C\C=C/C(=O)O[C@@H]3C[C@@H](/C=C\C/C=C\1)O[C@@H](CC=O)[C@]3(C)CO[Si](C)(C)C(C)(C)C)C[C@H](O[Si](C)(C)C(C)(C)C)[C@@H]2C. The van der Waals surface area contributed by atoms with Crippen molar-refractivity contribution in [2.24, 2.45) is 11.3 Å². The van der Waals surface area contributed by atoms with Crippen molar-refractivity contribution in [3.8, 4) is 0 Å². The summed E-state index contributed by atoms with van der Waals surface area (Å²) >= 11 is 0. The third-order valence-corrected chi connectivity index (χ3v) is 20.9. The lowest BCUT2D eigenvalue weighted by Gasteiger charge is -2.49. The van der Waals surface area contributed by atoms with Crippen molar-refractivity contribution >= 4 is 28.9 Å². The molecule has 282 valence electrons. The first-order valence-electron chi connectivity index (χ1n) is 18.7. The molecule has 0 aliphatic carbocycles. The Bertz CT molecular complexity index is 1300. The van der Waals surface area contributed by atoms with Crippen LogP contribution in [-0.4, -0.2) is 72.1 Å². The van der Waals surface area contributed by atoms with Gasteiger partial charge in [0.05, 0.1) is 35.9 Å². The van der Waals surface area contributed by atoms with Crippen molar-refractivity contribution in [1.82, 2.24) is 0 Å². The van der Waals surface area contributed by atoms with Gasteiger partial charge >= 0.3 is 5.97 Å². The average molecular weight is 729 g/mol. The summed E-state index contributed by atoms with van der Waals surface area (Å²) in [6.07, 6.45) is 20.4. The first kappa shape index (κ1) is 42.5. The molecular weight excluding hydrogens is 661 g/mol. The van der Waals surface area contributed by atoms with Crippen molar-refractivity contribution in [1.29, 1.82) is 0 Å². The number of carbonyl (C=O) groups excluding carboxylic acids is 2. The van der Waals surface area contributed by atoms with Gasteiger partial charge < -0.3 is 27.9 Å². The first-order valence-corrected chi connectivity index (χ1v) is 24.5. The molecule has 0 unspecified atom stereocenters. The average Bonchev–Trinajstić information content (AvgIpc) is 2.98. The van der Waals surface area contributed by atoms with Crippen LogP contribution in [0.3, 0.4) is 0 Å². The zero-order valence-electron chi connectivity index (χ0n) is 33.4. The van der Waals surface area contributed by atoms with Crippen LogP contribution in [0.1, 0.15) is 94.4 Å². The number of rotatable bonds is 7. The lowest BCUT2D eigenvalue weighted by Crippen LogP contribution is -2.57. The number of fused-ring (bicyclic) bond motifs is 4. The normalized spacial score (nSPS) is 35.9. The Morgan fingerprint density at radius 2 is 1.62 bits per heavy atom.